The molecular formula is C16H16O2. The van der Waals surface area contributed by atoms with Crippen LogP contribution in [0.15, 0.2) is 0 Å². The molecule has 0 saturated heterocycles. The second kappa shape index (κ2) is 2.05. The highest BCUT2D eigenvalue weighted by atomic mass is 16.2. The van der Waals surface area contributed by atoms with Crippen LogP contribution in [-0.2, 0) is 9.59 Å². The lowest BCUT2D eigenvalue weighted by molar-refractivity contribution is -0.143. The van der Waals surface area contributed by atoms with Crippen LogP contribution in [0.25, 0.3) is 0 Å². The molecule has 0 aromatic carbocycles. The van der Waals surface area contributed by atoms with Gasteiger partial charge in [0.15, 0.2) is 0 Å². The summed E-state index contributed by atoms with van der Waals surface area (Å²) in [6, 6.07) is 0. The van der Waals surface area contributed by atoms with Crippen LogP contribution in [0.1, 0.15) is 12.8 Å². The second-order valence-electron chi connectivity index (χ2n) is 8.37. The third kappa shape index (κ3) is 0.556. The van der Waals surface area contributed by atoms with Crippen molar-refractivity contribution in [2.75, 3.05) is 0 Å². The third-order valence-corrected chi connectivity index (χ3v) is 8.49. The van der Waals surface area contributed by atoms with Gasteiger partial charge in [0.2, 0.25) is 11.6 Å². The van der Waals surface area contributed by atoms with Crippen LogP contribution in [-0.4, -0.2) is 11.6 Å². The summed E-state index contributed by atoms with van der Waals surface area (Å²) in [6.45, 7) is 0. The van der Waals surface area contributed by atoms with Gasteiger partial charge in [-0.25, -0.2) is 0 Å². The van der Waals surface area contributed by atoms with Crippen molar-refractivity contribution in [3.8, 4) is 0 Å². The number of hydrogen-bond donors (Lipinski definition) is 0. The van der Waals surface area contributed by atoms with Gasteiger partial charge in [0, 0.05) is 11.8 Å². The summed E-state index contributed by atoms with van der Waals surface area (Å²) < 4.78 is 0. The largest absolute Gasteiger partial charge is 0.291 e. The molecule has 0 N–H and O–H groups in total. The number of fused-ring (bicyclic) bond motifs is 3. The first-order valence-electron chi connectivity index (χ1n) is 7.87. The Bertz CT molecular complexity index is 483. The fourth-order valence-electron chi connectivity index (χ4n) is 8.49. The first-order valence-corrected chi connectivity index (χ1v) is 7.87. The number of ketones is 2. The molecule has 8 aliphatic rings. The number of Topliss-reactive ketones (excluding diaryl/α,β-unsaturated/α-hetero) is 2. The fraction of sp³-hybridized carbons (Fsp3) is 0.875. The van der Waals surface area contributed by atoms with Gasteiger partial charge >= 0.3 is 0 Å². The van der Waals surface area contributed by atoms with E-state index in [9.17, 15) is 9.59 Å². The zero-order valence-electron chi connectivity index (χ0n) is 10.2. The van der Waals surface area contributed by atoms with Gasteiger partial charge in [0.25, 0.3) is 0 Å². The quantitative estimate of drug-likeness (QED) is 0.600. The fourth-order valence-corrected chi connectivity index (χ4v) is 8.49. The molecule has 92 valence electrons. The molecule has 8 bridgehead atoms. The molecule has 0 spiro atoms. The molecule has 0 heterocycles. The molecule has 2 nitrogen and oxygen atoms in total. The van der Waals surface area contributed by atoms with Crippen LogP contribution in [0, 0.1) is 71.0 Å². The van der Waals surface area contributed by atoms with Gasteiger partial charge < -0.3 is 0 Å². The smallest absolute Gasteiger partial charge is 0.202 e. The lowest BCUT2D eigenvalue weighted by atomic mass is 9.77. The van der Waals surface area contributed by atoms with E-state index in [0.717, 1.165) is 35.5 Å². The van der Waals surface area contributed by atoms with E-state index in [2.05, 4.69) is 0 Å². The van der Waals surface area contributed by atoms with Crippen LogP contribution in [0.4, 0.5) is 0 Å². The Labute approximate surface area is 105 Å². The zero-order chi connectivity index (χ0) is 11.5. The van der Waals surface area contributed by atoms with E-state index in [1.54, 1.807) is 0 Å². The first-order chi connectivity index (χ1) is 8.79. The maximum absolute atomic E-state index is 12.6. The molecule has 8 saturated carbocycles. The maximum atomic E-state index is 12.6. The van der Waals surface area contributed by atoms with Gasteiger partial charge in [0.1, 0.15) is 0 Å². The molecule has 4 unspecified atom stereocenters. The van der Waals surface area contributed by atoms with E-state index in [-0.39, 0.29) is 23.4 Å². The van der Waals surface area contributed by atoms with Crippen molar-refractivity contribution < 1.29 is 9.59 Å². The summed E-state index contributed by atoms with van der Waals surface area (Å²) in [5.74, 6) is 8.41. The van der Waals surface area contributed by atoms with Crippen molar-refractivity contribution in [1.82, 2.24) is 0 Å². The highest BCUT2D eigenvalue weighted by Gasteiger charge is 2.85. The summed E-state index contributed by atoms with van der Waals surface area (Å²) in [6.07, 6.45) is 2.72. The molecule has 0 radical (unpaired) electrons. The third-order valence-electron chi connectivity index (χ3n) is 8.49. The van der Waals surface area contributed by atoms with E-state index in [4.69, 9.17) is 0 Å². The van der Waals surface area contributed by atoms with Crippen molar-refractivity contribution in [2.24, 2.45) is 71.0 Å². The predicted octanol–water partition coefficient (Wildman–Crippen LogP) is 1.39. The molecule has 0 aromatic rings. The Morgan fingerprint density at radius 2 is 0.889 bits per heavy atom. The number of carbonyl (C=O) groups is 2. The van der Waals surface area contributed by atoms with E-state index in [0.29, 0.717) is 23.7 Å². The summed E-state index contributed by atoms with van der Waals surface area (Å²) >= 11 is 0. The molecule has 0 aromatic heterocycles. The van der Waals surface area contributed by atoms with E-state index >= 15 is 0 Å². The van der Waals surface area contributed by atoms with Crippen LogP contribution in [0.3, 0.4) is 0 Å². The average Bonchev–Trinajstić information content (AvgIpc) is 3.19. The molecule has 18 heavy (non-hydrogen) atoms. The van der Waals surface area contributed by atoms with Crippen LogP contribution in [0.2, 0.25) is 0 Å². The van der Waals surface area contributed by atoms with Gasteiger partial charge in [-0.2, -0.15) is 0 Å². The summed E-state index contributed by atoms with van der Waals surface area (Å²) in [7, 11) is 0. The summed E-state index contributed by atoms with van der Waals surface area (Å²) in [5, 5.41) is 0. The van der Waals surface area contributed by atoms with E-state index in [1.807, 2.05) is 0 Å². The topological polar surface area (TPSA) is 34.1 Å². The molecule has 0 amide bonds. The van der Waals surface area contributed by atoms with Crippen molar-refractivity contribution in [2.45, 2.75) is 12.8 Å². The van der Waals surface area contributed by atoms with E-state index < -0.39 is 0 Å². The normalized spacial score (nSPS) is 78.9. The molecule has 8 fully saturated rings. The molecular weight excluding hydrogens is 224 g/mol. The first kappa shape index (κ1) is 8.50. The zero-order valence-corrected chi connectivity index (χ0v) is 10.2. The average molecular weight is 240 g/mol. The van der Waals surface area contributed by atoms with Crippen LogP contribution < -0.4 is 0 Å². The SMILES string of the molecule is O=C1C(=O)C2[C@@H]3C4C5[C@H](C1[C@H]4[C@H]1C[C@H]31)[C@H]1C[C@H]1[C@H]25. The monoisotopic (exact) mass is 240 g/mol. The standard InChI is InChI=1S/C16H16O2/c17-15-13-7-3-1-4(3)8-11(7)12-9(13)5-2-6(5)10(12)14(8)16(15)18/h3-14H,1-2H2/t3-,4-,5-,6+,7-,8-,9+,10-,11?,12?,13?,14?/m0/s1. The van der Waals surface area contributed by atoms with Gasteiger partial charge in [-0.3, -0.25) is 9.59 Å². The molecule has 12 atom stereocenters. The Hall–Kier alpha value is -0.660. The predicted molar refractivity (Wildman–Crippen MR) is 61.1 cm³/mol. The minimum Gasteiger partial charge on any atom is -0.291 e. The number of carbonyl (C=O) groups excluding carboxylic acids is 2. The van der Waals surface area contributed by atoms with Crippen molar-refractivity contribution in [1.29, 1.82) is 0 Å². The van der Waals surface area contributed by atoms with Crippen molar-refractivity contribution in [3.63, 3.8) is 0 Å². The highest BCUT2D eigenvalue weighted by molar-refractivity contribution is 6.39. The lowest BCUT2D eigenvalue weighted by Gasteiger charge is -2.24. The van der Waals surface area contributed by atoms with Gasteiger partial charge in [-0.1, -0.05) is 0 Å². The van der Waals surface area contributed by atoms with E-state index in [1.165, 1.54) is 12.8 Å². The molecule has 8 aliphatic carbocycles. The summed E-state index contributed by atoms with van der Waals surface area (Å²) in [5.41, 5.74) is 0. The number of hydrogen-bond acceptors (Lipinski definition) is 2. The number of rotatable bonds is 0. The molecule has 0 aliphatic heterocycles. The minimum absolute atomic E-state index is 0.100. The highest BCUT2D eigenvalue weighted by Crippen LogP contribution is 2.86. The second-order valence-corrected chi connectivity index (χ2v) is 8.37. The Morgan fingerprint density at radius 1 is 0.556 bits per heavy atom. The maximum Gasteiger partial charge on any atom is 0.202 e. The Balaban J connectivity index is 1.61. The molecule has 2 heteroatoms. The van der Waals surface area contributed by atoms with Crippen molar-refractivity contribution in [3.05, 3.63) is 0 Å². The summed E-state index contributed by atoms with van der Waals surface area (Å²) in [4.78, 5) is 25.2. The van der Waals surface area contributed by atoms with Crippen molar-refractivity contribution >= 4 is 11.6 Å². The van der Waals surface area contributed by atoms with Gasteiger partial charge in [0.05, 0.1) is 0 Å². The minimum atomic E-state index is 0.100. The van der Waals surface area contributed by atoms with Crippen LogP contribution >= 0.6 is 0 Å². The Morgan fingerprint density at radius 3 is 1.22 bits per heavy atom. The van der Waals surface area contributed by atoms with Crippen LogP contribution in [0.5, 0.6) is 0 Å². The lowest BCUT2D eigenvalue weighted by Crippen LogP contribution is -2.37. The molecule has 8 rings (SSSR count). The van der Waals surface area contributed by atoms with Gasteiger partial charge in [-0.15, -0.1) is 0 Å². The van der Waals surface area contributed by atoms with Gasteiger partial charge in [-0.05, 0) is 72.0 Å². The Kier molecular flexibility index (Phi) is 0.967.